The van der Waals surface area contributed by atoms with E-state index in [1.165, 1.54) is 18.2 Å². The molecule has 0 aliphatic carbocycles. The highest BCUT2D eigenvalue weighted by atomic mass is 16.6. The molecule has 1 unspecified atom stereocenters. The minimum Gasteiger partial charge on any atom is -0.480 e. The topological polar surface area (TPSA) is 122 Å². The molecule has 2 amide bonds. The van der Waals surface area contributed by atoms with Crippen LogP contribution in [-0.4, -0.2) is 28.1 Å². The van der Waals surface area contributed by atoms with Crippen molar-refractivity contribution in [2.24, 2.45) is 5.92 Å². The minimum atomic E-state index is -1.12. The summed E-state index contributed by atoms with van der Waals surface area (Å²) in [4.78, 5) is 32.9. The van der Waals surface area contributed by atoms with Gasteiger partial charge in [-0.3, -0.25) is 10.1 Å². The molecule has 3 N–H and O–H groups in total. The SMILES string of the molecule is Cc1cc([N+](=O)[O-])ccc1NC(=O)NC(C(=O)O)C(C)C. The molecule has 0 fully saturated rings. The Labute approximate surface area is 121 Å². The van der Waals surface area contributed by atoms with Gasteiger partial charge in [0.2, 0.25) is 0 Å². The Bertz CT molecular complexity index is 571. The van der Waals surface area contributed by atoms with Crippen LogP contribution in [0.2, 0.25) is 0 Å². The van der Waals surface area contributed by atoms with Gasteiger partial charge in [-0.15, -0.1) is 0 Å². The molecule has 0 heterocycles. The molecule has 0 saturated heterocycles. The van der Waals surface area contributed by atoms with Gasteiger partial charge in [0.25, 0.3) is 5.69 Å². The fraction of sp³-hybridized carbons (Fsp3) is 0.385. The van der Waals surface area contributed by atoms with Crippen molar-refractivity contribution in [3.05, 3.63) is 33.9 Å². The zero-order chi connectivity index (χ0) is 16.2. The number of urea groups is 1. The van der Waals surface area contributed by atoms with Gasteiger partial charge in [-0.05, 0) is 24.5 Å². The maximum absolute atomic E-state index is 11.8. The molecular weight excluding hydrogens is 278 g/mol. The van der Waals surface area contributed by atoms with E-state index in [2.05, 4.69) is 10.6 Å². The summed E-state index contributed by atoms with van der Waals surface area (Å²) >= 11 is 0. The summed E-state index contributed by atoms with van der Waals surface area (Å²) in [6.45, 7) is 4.96. The fourth-order valence-electron chi connectivity index (χ4n) is 1.71. The van der Waals surface area contributed by atoms with E-state index in [4.69, 9.17) is 5.11 Å². The average Bonchev–Trinajstić information content (AvgIpc) is 2.37. The number of hydrogen-bond donors (Lipinski definition) is 3. The van der Waals surface area contributed by atoms with E-state index >= 15 is 0 Å². The van der Waals surface area contributed by atoms with Crippen molar-refractivity contribution < 1.29 is 19.6 Å². The molecular formula is C13H17N3O5. The Morgan fingerprint density at radius 1 is 1.33 bits per heavy atom. The minimum absolute atomic E-state index is 0.0796. The number of nitro benzene ring substituents is 1. The summed E-state index contributed by atoms with van der Waals surface area (Å²) in [5.41, 5.74) is 0.811. The van der Waals surface area contributed by atoms with Crippen molar-refractivity contribution in [1.82, 2.24) is 5.32 Å². The molecule has 21 heavy (non-hydrogen) atoms. The van der Waals surface area contributed by atoms with Crippen molar-refractivity contribution >= 4 is 23.4 Å². The van der Waals surface area contributed by atoms with Crippen molar-refractivity contribution in [3.8, 4) is 0 Å². The zero-order valence-corrected chi connectivity index (χ0v) is 11.9. The third-order valence-electron chi connectivity index (χ3n) is 2.89. The van der Waals surface area contributed by atoms with Crippen LogP contribution in [0.25, 0.3) is 0 Å². The second kappa shape index (κ2) is 6.69. The van der Waals surface area contributed by atoms with E-state index in [9.17, 15) is 19.7 Å². The standard InChI is InChI=1S/C13H17N3O5/c1-7(2)11(12(17)18)15-13(19)14-10-5-4-9(16(20)21)6-8(10)3/h4-7,11H,1-3H3,(H,17,18)(H2,14,15,19). The van der Waals surface area contributed by atoms with Gasteiger partial charge in [-0.1, -0.05) is 13.8 Å². The number of aliphatic carboxylic acids is 1. The first-order valence-corrected chi connectivity index (χ1v) is 6.27. The van der Waals surface area contributed by atoms with Crippen LogP contribution in [-0.2, 0) is 4.79 Å². The number of carboxylic acid groups (broad SMARTS) is 1. The number of nitrogens with one attached hydrogen (secondary N) is 2. The summed E-state index contributed by atoms with van der Waals surface area (Å²) in [6.07, 6.45) is 0. The van der Waals surface area contributed by atoms with Crippen molar-refractivity contribution in [1.29, 1.82) is 0 Å². The summed E-state index contributed by atoms with van der Waals surface area (Å²) in [5, 5.41) is 24.4. The molecule has 8 heteroatoms. The van der Waals surface area contributed by atoms with Gasteiger partial charge < -0.3 is 15.7 Å². The maximum atomic E-state index is 11.8. The molecule has 0 radical (unpaired) electrons. The third kappa shape index (κ3) is 4.44. The summed E-state index contributed by atoms with van der Waals surface area (Å²) in [5.74, 6) is -1.40. The quantitative estimate of drug-likeness (QED) is 0.567. The number of hydrogen-bond acceptors (Lipinski definition) is 4. The molecule has 0 spiro atoms. The normalized spacial score (nSPS) is 11.8. The number of carbonyl (C=O) groups excluding carboxylic acids is 1. The number of anilines is 1. The number of nitro groups is 1. The van der Waals surface area contributed by atoms with Crippen LogP contribution in [0.4, 0.5) is 16.2 Å². The van der Waals surface area contributed by atoms with Crippen LogP contribution in [0.3, 0.4) is 0 Å². The first kappa shape index (κ1) is 16.4. The largest absolute Gasteiger partial charge is 0.480 e. The van der Waals surface area contributed by atoms with Crippen LogP contribution >= 0.6 is 0 Å². The second-order valence-corrected chi connectivity index (χ2v) is 4.91. The number of aryl methyl sites for hydroxylation is 1. The number of carbonyl (C=O) groups is 2. The van der Waals surface area contributed by atoms with E-state index in [1.54, 1.807) is 20.8 Å². The highest BCUT2D eigenvalue weighted by Crippen LogP contribution is 2.21. The predicted molar refractivity (Wildman–Crippen MR) is 76.2 cm³/mol. The maximum Gasteiger partial charge on any atom is 0.326 e. The lowest BCUT2D eigenvalue weighted by Gasteiger charge is -2.18. The number of nitrogens with zero attached hydrogens (tertiary/aromatic N) is 1. The average molecular weight is 295 g/mol. The molecule has 1 aromatic rings. The Morgan fingerprint density at radius 3 is 2.38 bits per heavy atom. The Kier molecular flexibility index (Phi) is 5.23. The van der Waals surface area contributed by atoms with Crippen LogP contribution in [0.5, 0.6) is 0 Å². The van der Waals surface area contributed by atoms with Gasteiger partial charge in [-0.2, -0.15) is 0 Å². The van der Waals surface area contributed by atoms with Crippen LogP contribution in [0.1, 0.15) is 19.4 Å². The second-order valence-electron chi connectivity index (χ2n) is 4.91. The van der Waals surface area contributed by atoms with E-state index < -0.39 is 23.0 Å². The third-order valence-corrected chi connectivity index (χ3v) is 2.89. The first-order chi connectivity index (χ1) is 9.72. The lowest BCUT2D eigenvalue weighted by molar-refractivity contribution is -0.384. The van der Waals surface area contributed by atoms with Crippen LogP contribution in [0.15, 0.2) is 18.2 Å². The molecule has 0 aliphatic heterocycles. The predicted octanol–water partition coefficient (Wildman–Crippen LogP) is 2.13. The monoisotopic (exact) mass is 295 g/mol. The molecule has 1 rings (SSSR count). The van der Waals surface area contributed by atoms with Gasteiger partial charge in [-0.25, -0.2) is 9.59 Å². The highest BCUT2D eigenvalue weighted by Gasteiger charge is 2.23. The Hall–Kier alpha value is -2.64. The fourth-order valence-corrected chi connectivity index (χ4v) is 1.71. The van der Waals surface area contributed by atoms with Gasteiger partial charge in [0.1, 0.15) is 6.04 Å². The lowest BCUT2D eigenvalue weighted by atomic mass is 10.1. The molecule has 1 aromatic carbocycles. The van der Waals surface area contributed by atoms with Crippen molar-refractivity contribution in [3.63, 3.8) is 0 Å². The van der Waals surface area contributed by atoms with E-state index in [0.29, 0.717) is 11.3 Å². The molecule has 8 nitrogen and oxygen atoms in total. The van der Waals surface area contributed by atoms with Crippen LogP contribution in [0, 0.1) is 23.0 Å². The van der Waals surface area contributed by atoms with Gasteiger partial charge in [0.15, 0.2) is 0 Å². The van der Waals surface area contributed by atoms with E-state index in [0.717, 1.165) is 0 Å². The van der Waals surface area contributed by atoms with Crippen molar-refractivity contribution in [2.45, 2.75) is 26.8 Å². The Balaban J connectivity index is 2.79. The molecule has 0 aromatic heterocycles. The summed E-state index contributed by atoms with van der Waals surface area (Å²) in [7, 11) is 0. The Morgan fingerprint density at radius 2 is 1.95 bits per heavy atom. The number of amides is 2. The number of rotatable bonds is 5. The summed E-state index contributed by atoms with van der Waals surface area (Å²) in [6, 6.07) is 2.31. The lowest BCUT2D eigenvalue weighted by Crippen LogP contribution is -2.46. The molecule has 1 atom stereocenters. The van der Waals surface area contributed by atoms with E-state index in [-0.39, 0.29) is 11.6 Å². The van der Waals surface area contributed by atoms with E-state index in [1.807, 2.05) is 0 Å². The van der Waals surface area contributed by atoms with Gasteiger partial charge in [0, 0.05) is 17.8 Å². The number of carboxylic acids is 1. The molecule has 0 bridgehead atoms. The smallest absolute Gasteiger partial charge is 0.326 e. The molecule has 114 valence electrons. The first-order valence-electron chi connectivity index (χ1n) is 6.27. The van der Waals surface area contributed by atoms with Crippen LogP contribution < -0.4 is 10.6 Å². The number of non-ortho nitro benzene ring substituents is 1. The molecule has 0 saturated carbocycles. The van der Waals surface area contributed by atoms with Gasteiger partial charge >= 0.3 is 12.0 Å². The van der Waals surface area contributed by atoms with Gasteiger partial charge in [0.05, 0.1) is 4.92 Å². The highest BCUT2D eigenvalue weighted by molar-refractivity contribution is 5.93. The van der Waals surface area contributed by atoms with Crippen molar-refractivity contribution in [2.75, 3.05) is 5.32 Å². The molecule has 0 aliphatic rings. The number of benzene rings is 1. The summed E-state index contributed by atoms with van der Waals surface area (Å²) < 4.78 is 0. The zero-order valence-electron chi connectivity index (χ0n) is 11.9.